The molecule has 28 heavy (non-hydrogen) atoms. The number of nitrogens with zero attached hydrogens (tertiary/aromatic N) is 2. The third-order valence-corrected chi connectivity index (χ3v) is 7.83. The maximum Gasteiger partial charge on any atom is 0.243 e. The zero-order chi connectivity index (χ0) is 19.3. The van der Waals surface area contributed by atoms with Crippen molar-refractivity contribution in [1.82, 2.24) is 14.2 Å². The molecular formula is C21H23N3O3S. The van der Waals surface area contributed by atoms with Gasteiger partial charge in [-0.3, -0.25) is 4.90 Å². The molecule has 0 amide bonds. The second-order valence-electron chi connectivity index (χ2n) is 7.62. The summed E-state index contributed by atoms with van der Waals surface area (Å²) in [4.78, 5) is 5.98. The number of aromatic amines is 1. The Kier molecular flexibility index (Phi) is 4.28. The summed E-state index contributed by atoms with van der Waals surface area (Å²) in [6.07, 6.45) is 0.206. The standard InChI is InChI=1S/C21H23N3O3S/c25-21-14-24(28(26,27)15-6-2-1-3-7-15)13-20(21)23-11-10-17-16-8-4-5-9-18(16)22-19(17)12-23/h1-9,20-22,25H,10-14H2/t20-,21-/m1/s1. The van der Waals surface area contributed by atoms with Gasteiger partial charge >= 0.3 is 0 Å². The van der Waals surface area contributed by atoms with E-state index in [4.69, 9.17) is 0 Å². The van der Waals surface area contributed by atoms with Gasteiger partial charge in [-0.1, -0.05) is 36.4 Å². The fourth-order valence-corrected chi connectivity index (χ4v) is 6.03. The number of H-pyrrole nitrogens is 1. The number of hydrogen-bond acceptors (Lipinski definition) is 4. The van der Waals surface area contributed by atoms with Gasteiger partial charge in [0.05, 0.1) is 17.0 Å². The lowest BCUT2D eigenvalue weighted by Crippen LogP contribution is -2.45. The van der Waals surface area contributed by atoms with E-state index in [2.05, 4.69) is 28.1 Å². The van der Waals surface area contributed by atoms with Gasteiger partial charge in [-0.15, -0.1) is 0 Å². The Morgan fingerprint density at radius 3 is 2.57 bits per heavy atom. The SMILES string of the molecule is O=S(=O)(c1ccccc1)N1C[C@@H](O)[C@H](N2CCc3c([nH]c4ccccc34)C2)C1. The van der Waals surface area contributed by atoms with Crippen LogP contribution in [-0.4, -0.2) is 59.5 Å². The Labute approximate surface area is 164 Å². The summed E-state index contributed by atoms with van der Waals surface area (Å²) in [5.74, 6) is 0. The van der Waals surface area contributed by atoms with Crippen LogP contribution < -0.4 is 0 Å². The molecule has 1 saturated heterocycles. The van der Waals surface area contributed by atoms with Gasteiger partial charge in [0.1, 0.15) is 0 Å². The van der Waals surface area contributed by atoms with E-state index in [1.165, 1.54) is 20.9 Å². The predicted molar refractivity (Wildman–Crippen MR) is 107 cm³/mol. The Morgan fingerprint density at radius 2 is 1.75 bits per heavy atom. The molecule has 7 heteroatoms. The molecule has 146 valence electrons. The molecule has 3 aromatic rings. The fourth-order valence-electron chi connectivity index (χ4n) is 4.53. The molecule has 2 atom stereocenters. The van der Waals surface area contributed by atoms with Gasteiger partial charge in [-0.05, 0) is 30.2 Å². The molecule has 0 radical (unpaired) electrons. The quantitative estimate of drug-likeness (QED) is 0.708. The van der Waals surface area contributed by atoms with Gasteiger partial charge < -0.3 is 10.1 Å². The molecule has 2 N–H and O–H groups in total. The first-order valence-electron chi connectivity index (χ1n) is 9.60. The van der Waals surface area contributed by atoms with Gasteiger partial charge in [0, 0.05) is 42.8 Å². The number of aromatic nitrogens is 1. The van der Waals surface area contributed by atoms with E-state index >= 15 is 0 Å². The van der Waals surface area contributed by atoms with Crippen LogP contribution in [0.4, 0.5) is 0 Å². The third kappa shape index (κ3) is 2.86. The van der Waals surface area contributed by atoms with Crippen LogP contribution in [0.3, 0.4) is 0 Å². The van der Waals surface area contributed by atoms with E-state index in [9.17, 15) is 13.5 Å². The van der Waals surface area contributed by atoms with Crippen molar-refractivity contribution < 1.29 is 13.5 Å². The highest BCUT2D eigenvalue weighted by atomic mass is 32.2. The van der Waals surface area contributed by atoms with Crippen LogP contribution in [0.2, 0.25) is 0 Å². The molecule has 0 spiro atoms. The normalized spacial score (nSPS) is 23.9. The highest BCUT2D eigenvalue weighted by Gasteiger charge is 2.42. The minimum Gasteiger partial charge on any atom is -0.390 e. The minimum absolute atomic E-state index is 0.137. The lowest BCUT2D eigenvalue weighted by Gasteiger charge is -2.33. The van der Waals surface area contributed by atoms with Crippen molar-refractivity contribution in [2.45, 2.75) is 30.0 Å². The number of sulfonamides is 1. The number of benzene rings is 2. The van der Waals surface area contributed by atoms with E-state index in [1.807, 2.05) is 6.07 Å². The van der Waals surface area contributed by atoms with Crippen LogP contribution in [-0.2, 0) is 23.0 Å². The van der Waals surface area contributed by atoms with Gasteiger partial charge in [0.15, 0.2) is 0 Å². The number of hydrogen-bond donors (Lipinski definition) is 2. The summed E-state index contributed by atoms with van der Waals surface area (Å²) in [7, 11) is -3.59. The van der Waals surface area contributed by atoms with Crippen molar-refractivity contribution in [2.75, 3.05) is 19.6 Å². The van der Waals surface area contributed by atoms with Crippen LogP contribution >= 0.6 is 0 Å². The van der Waals surface area contributed by atoms with Crippen molar-refractivity contribution in [3.8, 4) is 0 Å². The summed E-state index contributed by atoms with van der Waals surface area (Å²) in [5.41, 5.74) is 3.65. The molecule has 1 aromatic heterocycles. The van der Waals surface area contributed by atoms with Crippen LogP contribution in [0, 0.1) is 0 Å². The maximum absolute atomic E-state index is 12.9. The first kappa shape index (κ1) is 17.9. The molecule has 3 heterocycles. The van der Waals surface area contributed by atoms with E-state index in [0.717, 1.165) is 18.5 Å². The molecule has 0 unspecified atom stereocenters. The Hall–Kier alpha value is -2.19. The minimum atomic E-state index is -3.59. The zero-order valence-corrected chi connectivity index (χ0v) is 16.3. The first-order chi connectivity index (χ1) is 13.5. The van der Waals surface area contributed by atoms with Crippen LogP contribution in [0.25, 0.3) is 10.9 Å². The van der Waals surface area contributed by atoms with E-state index in [1.54, 1.807) is 30.3 Å². The fraction of sp³-hybridized carbons (Fsp3) is 0.333. The van der Waals surface area contributed by atoms with Crippen molar-refractivity contribution >= 4 is 20.9 Å². The Balaban J connectivity index is 1.38. The van der Waals surface area contributed by atoms with Gasteiger partial charge in [-0.25, -0.2) is 8.42 Å². The van der Waals surface area contributed by atoms with Crippen LogP contribution in [0.5, 0.6) is 0 Å². The zero-order valence-electron chi connectivity index (χ0n) is 15.5. The van der Waals surface area contributed by atoms with Crippen molar-refractivity contribution in [2.24, 2.45) is 0 Å². The number of rotatable bonds is 3. The highest BCUT2D eigenvalue weighted by Crippen LogP contribution is 2.31. The molecule has 1 fully saturated rings. The number of β-amino-alcohol motifs (C(OH)–C–C–N with tert-alkyl or cyclic N) is 1. The summed E-state index contributed by atoms with van der Waals surface area (Å²) in [6, 6.07) is 16.5. The van der Waals surface area contributed by atoms with E-state index in [0.29, 0.717) is 13.1 Å². The molecule has 6 nitrogen and oxygen atoms in total. The maximum atomic E-state index is 12.9. The summed E-state index contributed by atoms with van der Waals surface area (Å²) in [5, 5.41) is 11.9. The number of aliphatic hydroxyl groups is 1. The smallest absolute Gasteiger partial charge is 0.243 e. The molecule has 2 aliphatic rings. The second kappa shape index (κ2) is 6.70. The average Bonchev–Trinajstić information content (AvgIpc) is 3.29. The number of fused-ring (bicyclic) bond motifs is 3. The molecule has 5 rings (SSSR count). The molecule has 0 bridgehead atoms. The van der Waals surface area contributed by atoms with E-state index in [-0.39, 0.29) is 17.5 Å². The third-order valence-electron chi connectivity index (χ3n) is 5.99. The molecule has 2 aromatic carbocycles. The Morgan fingerprint density at radius 1 is 1.00 bits per heavy atom. The largest absolute Gasteiger partial charge is 0.390 e. The van der Waals surface area contributed by atoms with Crippen molar-refractivity contribution in [3.63, 3.8) is 0 Å². The summed E-state index contributed by atoms with van der Waals surface area (Å²) < 4.78 is 27.2. The monoisotopic (exact) mass is 397 g/mol. The average molecular weight is 398 g/mol. The Bertz CT molecular complexity index is 1110. The summed E-state index contributed by atoms with van der Waals surface area (Å²) >= 11 is 0. The lowest BCUT2D eigenvalue weighted by molar-refractivity contribution is 0.0740. The molecule has 2 aliphatic heterocycles. The second-order valence-corrected chi connectivity index (χ2v) is 9.56. The van der Waals surface area contributed by atoms with Gasteiger partial charge in [-0.2, -0.15) is 4.31 Å². The number of para-hydroxylation sites is 1. The van der Waals surface area contributed by atoms with Gasteiger partial charge in [0.2, 0.25) is 10.0 Å². The lowest BCUT2D eigenvalue weighted by atomic mass is 10.0. The topological polar surface area (TPSA) is 76.6 Å². The predicted octanol–water partition coefficient (Wildman–Crippen LogP) is 1.96. The van der Waals surface area contributed by atoms with Crippen molar-refractivity contribution in [3.05, 3.63) is 65.9 Å². The molecule has 0 aliphatic carbocycles. The molecular weight excluding hydrogens is 374 g/mol. The highest BCUT2D eigenvalue weighted by molar-refractivity contribution is 7.89. The van der Waals surface area contributed by atoms with Crippen LogP contribution in [0.15, 0.2) is 59.5 Å². The summed E-state index contributed by atoms with van der Waals surface area (Å²) in [6.45, 7) is 1.96. The first-order valence-corrected chi connectivity index (χ1v) is 11.0. The van der Waals surface area contributed by atoms with Crippen molar-refractivity contribution in [1.29, 1.82) is 0 Å². The number of aliphatic hydroxyl groups excluding tert-OH is 1. The van der Waals surface area contributed by atoms with E-state index < -0.39 is 16.1 Å². The molecule has 0 saturated carbocycles. The van der Waals surface area contributed by atoms with Gasteiger partial charge in [0.25, 0.3) is 0 Å². The number of nitrogens with one attached hydrogen (secondary N) is 1. The van der Waals surface area contributed by atoms with Crippen LogP contribution in [0.1, 0.15) is 11.3 Å².